The van der Waals surface area contributed by atoms with Gasteiger partial charge in [0, 0.05) is 17.1 Å². The van der Waals surface area contributed by atoms with Gasteiger partial charge in [-0.15, -0.1) is 0 Å². The van der Waals surface area contributed by atoms with E-state index < -0.39 is 0 Å². The van der Waals surface area contributed by atoms with Crippen molar-refractivity contribution in [2.45, 2.75) is 44.8 Å². The van der Waals surface area contributed by atoms with Crippen molar-refractivity contribution >= 4 is 17.5 Å². The quantitative estimate of drug-likeness (QED) is 0.604. The maximum Gasteiger partial charge on any atom is 0.238 e. The van der Waals surface area contributed by atoms with Crippen LogP contribution in [0.25, 0.3) is 0 Å². The van der Waals surface area contributed by atoms with Gasteiger partial charge in [-0.25, -0.2) is 10.9 Å². The molecule has 0 aliphatic carbocycles. The van der Waals surface area contributed by atoms with Gasteiger partial charge in [0.1, 0.15) is 11.8 Å². The average molecular weight is 388 g/mol. The molecule has 1 fully saturated rings. The van der Waals surface area contributed by atoms with Crippen molar-refractivity contribution in [3.63, 3.8) is 0 Å². The molecule has 0 aromatic heterocycles. The summed E-state index contributed by atoms with van der Waals surface area (Å²) in [5, 5.41) is 3.63. The molecule has 144 valence electrons. The Morgan fingerprint density at radius 1 is 1.22 bits per heavy atom. The van der Waals surface area contributed by atoms with Crippen molar-refractivity contribution in [3.8, 4) is 5.75 Å². The molecule has 5 nitrogen and oxygen atoms in total. The minimum absolute atomic E-state index is 0.0322. The van der Waals surface area contributed by atoms with Crippen LogP contribution in [-0.4, -0.2) is 18.6 Å². The van der Waals surface area contributed by atoms with Crippen LogP contribution in [0.15, 0.2) is 48.5 Å². The van der Waals surface area contributed by atoms with Crippen molar-refractivity contribution in [1.82, 2.24) is 16.2 Å². The molecule has 1 aliphatic heterocycles. The molecule has 2 aromatic carbocycles. The second-order valence-corrected chi connectivity index (χ2v) is 7.15. The number of unbranched alkanes of at least 4 members (excludes halogenated alkanes) is 1. The molecule has 2 atom stereocenters. The normalized spacial score (nSPS) is 19.0. The highest BCUT2D eigenvalue weighted by Gasteiger charge is 2.31. The molecule has 2 unspecified atom stereocenters. The lowest BCUT2D eigenvalue weighted by Gasteiger charge is -2.16. The zero-order valence-corrected chi connectivity index (χ0v) is 16.3. The lowest BCUT2D eigenvalue weighted by molar-refractivity contribution is -0.123. The number of nitrogens with one attached hydrogen (secondary N) is 3. The zero-order chi connectivity index (χ0) is 19.1. The first kappa shape index (κ1) is 19.7. The topological polar surface area (TPSA) is 62.4 Å². The van der Waals surface area contributed by atoms with Crippen LogP contribution in [-0.2, 0) is 11.3 Å². The van der Waals surface area contributed by atoms with Gasteiger partial charge in [-0.05, 0) is 36.6 Å². The van der Waals surface area contributed by atoms with Crippen LogP contribution < -0.4 is 20.9 Å². The predicted octanol–water partition coefficient (Wildman–Crippen LogP) is 3.74. The van der Waals surface area contributed by atoms with E-state index in [4.69, 9.17) is 16.3 Å². The van der Waals surface area contributed by atoms with Crippen molar-refractivity contribution in [2.24, 2.45) is 0 Å². The molecule has 27 heavy (non-hydrogen) atoms. The van der Waals surface area contributed by atoms with E-state index in [1.165, 1.54) is 0 Å². The Morgan fingerprint density at radius 3 is 2.89 bits per heavy atom. The molecule has 1 amide bonds. The van der Waals surface area contributed by atoms with Crippen LogP contribution in [0.4, 0.5) is 0 Å². The average Bonchev–Trinajstić information content (AvgIpc) is 3.17. The number of hydrazine groups is 1. The van der Waals surface area contributed by atoms with Crippen molar-refractivity contribution in [1.29, 1.82) is 0 Å². The summed E-state index contributed by atoms with van der Waals surface area (Å²) in [7, 11) is 0. The van der Waals surface area contributed by atoms with Crippen LogP contribution in [0.1, 0.15) is 43.4 Å². The SMILES string of the molecule is CCCCOc1ccccc1C1CC(C(=O)NCc2cccc(Cl)c2)NN1. The highest BCUT2D eigenvalue weighted by atomic mass is 35.5. The third kappa shape index (κ3) is 5.45. The number of para-hydroxylation sites is 1. The maximum absolute atomic E-state index is 12.5. The van der Waals surface area contributed by atoms with Crippen molar-refractivity contribution in [3.05, 3.63) is 64.7 Å². The van der Waals surface area contributed by atoms with Crippen LogP contribution >= 0.6 is 11.6 Å². The Labute approximate surface area is 165 Å². The molecule has 3 N–H and O–H groups in total. The predicted molar refractivity (Wildman–Crippen MR) is 108 cm³/mol. The van der Waals surface area contributed by atoms with Crippen LogP contribution in [0.2, 0.25) is 5.02 Å². The van der Waals surface area contributed by atoms with Gasteiger partial charge in [-0.1, -0.05) is 55.3 Å². The molecule has 1 saturated heterocycles. The third-order valence-corrected chi connectivity index (χ3v) is 4.86. The summed E-state index contributed by atoms with van der Waals surface area (Å²) in [6, 6.07) is 15.2. The molecule has 3 rings (SSSR count). The van der Waals surface area contributed by atoms with Gasteiger partial charge >= 0.3 is 0 Å². The molecule has 1 aliphatic rings. The third-order valence-electron chi connectivity index (χ3n) is 4.63. The van der Waals surface area contributed by atoms with E-state index in [1.807, 2.05) is 48.5 Å². The highest BCUT2D eigenvalue weighted by molar-refractivity contribution is 6.30. The first-order valence-electron chi connectivity index (χ1n) is 9.42. The number of carbonyl (C=O) groups excluding carboxylic acids is 1. The second kappa shape index (κ2) is 9.74. The van der Waals surface area contributed by atoms with Gasteiger partial charge in [0.05, 0.1) is 12.6 Å². The lowest BCUT2D eigenvalue weighted by atomic mass is 10.0. The van der Waals surface area contributed by atoms with Gasteiger partial charge in [0.2, 0.25) is 5.91 Å². The Kier molecular flexibility index (Phi) is 7.10. The first-order chi connectivity index (χ1) is 13.2. The standard InChI is InChI=1S/C21H26ClN3O2/c1-2-3-11-27-20-10-5-4-9-17(20)18-13-19(25-24-18)21(26)23-14-15-7-6-8-16(22)12-15/h4-10,12,18-19,24-25H,2-3,11,13-14H2,1H3,(H,23,26). The fraction of sp³-hybridized carbons (Fsp3) is 0.381. The number of hydrogen-bond acceptors (Lipinski definition) is 4. The first-order valence-corrected chi connectivity index (χ1v) is 9.80. The molecular formula is C21H26ClN3O2. The Hall–Kier alpha value is -2.08. The lowest BCUT2D eigenvalue weighted by Crippen LogP contribution is -2.42. The second-order valence-electron chi connectivity index (χ2n) is 6.72. The van der Waals surface area contributed by atoms with Crippen LogP contribution in [0.3, 0.4) is 0 Å². The van der Waals surface area contributed by atoms with Gasteiger partial charge < -0.3 is 10.1 Å². The van der Waals surface area contributed by atoms with E-state index in [9.17, 15) is 4.79 Å². The number of ether oxygens (including phenoxy) is 1. The molecule has 1 heterocycles. The molecule has 6 heteroatoms. The smallest absolute Gasteiger partial charge is 0.238 e. The fourth-order valence-corrected chi connectivity index (χ4v) is 3.33. The number of rotatable bonds is 8. The number of carbonyl (C=O) groups is 1. The van der Waals surface area contributed by atoms with Gasteiger partial charge in [-0.3, -0.25) is 4.79 Å². The summed E-state index contributed by atoms with van der Waals surface area (Å²) >= 11 is 5.99. The van der Waals surface area contributed by atoms with E-state index in [0.717, 1.165) is 29.7 Å². The van der Waals surface area contributed by atoms with Gasteiger partial charge in [-0.2, -0.15) is 0 Å². The largest absolute Gasteiger partial charge is 0.493 e. The summed E-state index contributed by atoms with van der Waals surface area (Å²) in [6.45, 7) is 3.31. The Bertz CT molecular complexity index is 769. The van der Waals surface area contributed by atoms with Crippen LogP contribution in [0.5, 0.6) is 5.75 Å². The van der Waals surface area contributed by atoms with E-state index in [1.54, 1.807) is 0 Å². The number of halogens is 1. The van der Waals surface area contributed by atoms with E-state index >= 15 is 0 Å². The monoisotopic (exact) mass is 387 g/mol. The molecule has 0 radical (unpaired) electrons. The molecule has 0 spiro atoms. The summed E-state index contributed by atoms with van der Waals surface area (Å²) in [4.78, 5) is 12.5. The van der Waals surface area contributed by atoms with E-state index in [0.29, 0.717) is 24.6 Å². The van der Waals surface area contributed by atoms with Crippen LogP contribution in [0, 0.1) is 0 Å². The molecule has 2 aromatic rings. The summed E-state index contributed by atoms with van der Waals surface area (Å²) in [5.74, 6) is 0.847. The highest BCUT2D eigenvalue weighted by Crippen LogP contribution is 2.30. The minimum Gasteiger partial charge on any atom is -0.493 e. The summed E-state index contributed by atoms with van der Waals surface area (Å²) in [5.41, 5.74) is 8.39. The number of benzene rings is 2. The molecular weight excluding hydrogens is 362 g/mol. The van der Waals surface area contributed by atoms with Gasteiger partial charge in [0.15, 0.2) is 0 Å². The van der Waals surface area contributed by atoms with Crippen molar-refractivity contribution in [2.75, 3.05) is 6.61 Å². The van der Waals surface area contributed by atoms with E-state index in [2.05, 4.69) is 23.1 Å². The minimum atomic E-state index is -0.294. The Balaban J connectivity index is 1.56. The molecule has 0 bridgehead atoms. The number of hydrogen-bond donors (Lipinski definition) is 3. The molecule has 0 saturated carbocycles. The Morgan fingerprint density at radius 2 is 2.07 bits per heavy atom. The maximum atomic E-state index is 12.5. The summed E-state index contributed by atoms with van der Waals surface area (Å²) < 4.78 is 5.92. The fourth-order valence-electron chi connectivity index (χ4n) is 3.12. The van der Waals surface area contributed by atoms with Crippen molar-refractivity contribution < 1.29 is 9.53 Å². The van der Waals surface area contributed by atoms with Gasteiger partial charge in [0.25, 0.3) is 0 Å². The van der Waals surface area contributed by atoms with E-state index in [-0.39, 0.29) is 18.0 Å². The summed E-state index contributed by atoms with van der Waals surface area (Å²) in [6.07, 6.45) is 2.79. The zero-order valence-electron chi connectivity index (χ0n) is 15.5. The number of amides is 1.